The molecule has 32 heavy (non-hydrogen) atoms. The van der Waals surface area contributed by atoms with Crippen molar-refractivity contribution in [2.45, 2.75) is 53.6 Å². The highest BCUT2D eigenvalue weighted by atomic mass is 16.3. The van der Waals surface area contributed by atoms with E-state index in [4.69, 9.17) is 0 Å². The zero-order valence-electron chi connectivity index (χ0n) is 20.3. The maximum atomic E-state index is 10.9. The highest BCUT2D eigenvalue weighted by Gasteiger charge is 2.16. The van der Waals surface area contributed by atoms with Gasteiger partial charge >= 0.3 is 0 Å². The Bertz CT molecular complexity index is 837. The molecule has 0 saturated heterocycles. The molecule has 0 radical (unpaired) electrons. The molecule has 0 unspecified atom stereocenters. The monoisotopic (exact) mass is 436 g/mol. The van der Waals surface area contributed by atoms with Crippen LogP contribution >= 0.6 is 0 Å². The van der Waals surface area contributed by atoms with Gasteiger partial charge in [0, 0.05) is 24.2 Å². The lowest BCUT2D eigenvalue weighted by atomic mass is 9.93. The summed E-state index contributed by atoms with van der Waals surface area (Å²) in [6.45, 7) is 21.4. The molecule has 0 aliphatic carbocycles. The predicted octanol–water partition coefficient (Wildman–Crippen LogP) is 5.91. The average molecular weight is 437 g/mol. The van der Waals surface area contributed by atoms with Crippen molar-refractivity contribution in [3.8, 4) is 22.6 Å². The van der Waals surface area contributed by atoms with E-state index in [0.29, 0.717) is 37.4 Å². The first-order chi connectivity index (χ1) is 15.4. The Morgan fingerprint density at radius 3 is 1.22 bits per heavy atom. The zero-order chi connectivity index (χ0) is 23.7. The molecule has 0 bridgehead atoms. The van der Waals surface area contributed by atoms with Crippen molar-refractivity contribution in [1.82, 2.24) is 9.80 Å². The Balaban J connectivity index is 2.65. The van der Waals surface area contributed by atoms with Gasteiger partial charge in [-0.2, -0.15) is 0 Å². The Labute approximate surface area is 194 Å². The van der Waals surface area contributed by atoms with Crippen LogP contribution < -0.4 is 0 Å². The number of phenolic OH excluding ortho intramolecular Hbond substituents is 2. The first-order valence-electron chi connectivity index (χ1n) is 11.8. The third-order valence-corrected chi connectivity index (χ3v) is 6.17. The molecule has 174 valence electrons. The normalized spacial score (nSPS) is 11.3. The van der Waals surface area contributed by atoms with Crippen LogP contribution in [0.5, 0.6) is 11.5 Å². The summed E-state index contributed by atoms with van der Waals surface area (Å²) >= 11 is 0. The smallest absolute Gasteiger partial charge is 0.123 e. The van der Waals surface area contributed by atoms with Crippen molar-refractivity contribution in [3.63, 3.8) is 0 Å². The fraction of sp³-hybridized carbons (Fsp3) is 0.429. The number of aromatic hydroxyl groups is 2. The molecular weight excluding hydrogens is 396 g/mol. The van der Waals surface area contributed by atoms with Gasteiger partial charge in [0.2, 0.25) is 0 Å². The molecular formula is C28H40N2O2. The summed E-state index contributed by atoms with van der Waals surface area (Å²) in [4.78, 5) is 4.59. The third kappa shape index (κ3) is 6.24. The highest BCUT2D eigenvalue weighted by Crippen LogP contribution is 2.36. The summed E-state index contributed by atoms with van der Waals surface area (Å²) in [5.41, 5.74) is 5.70. The summed E-state index contributed by atoms with van der Waals surface area (Å²) < 4.78 is 0. The third-order valence-electron chi connectivity index (χ3n) is 6.17. The van der Waals surface area contributed by atoms with Gasteiger partial charge in [-0.15, -0.1) is 13.2 Å². The molecule has 2 aromatic carbocycles. The molecule has 0 fully saturated rings. The van der Waals surface area contributed by atoms with E-state index in [2.05, 4.69) is 62.8 Å². The zero-order valence-corrected chi connectivity index (χ0v) is 20.3. The van der Waals surface area contributed by atoms with Crippen LogP contribution in [-0.2, 0) is 25.9 Å². The van der Waals surface area contributed by atoms with E-state index in [1.807, 2.05) is 24.3 Å². The Hall–Kier alpha value is -2.56. The van der Waals surface area contributed by atoms with E-state index in [-0.39, 0.29) is 0 Å². The first-order valence-corrected chi connectivity index (χ1v) is 11.8. The molecule has 0 aliphatic rings. The molecule has 4 nitrogen and oxygen atoms in total. The molecule has 0 spiro atoms. The van der Waals surface area contributed by atoms with Crippen LogP contribution in [0.1, 0.15) is 49.9 Å². The molecule has 0 saturated carbocycles. The van der Waals surface area contributed by atoms with Crippen LogP contribution in [0, 0.1) is 0 Å². The lowest BCUT2D eigenvalue weighted by molar-refractivity contribution is 0.290. The van der Waals surface area contributed by atoms with Crippen molar-refractivity contribution in [2.75, 3.05) is 26.2 Å². The number of benzene rings is 2. The maximum Gasteiger partial charge on any atom is 0.123 e. The Morgan fingerprint density at radius 2 is 0.938 bits per heavy atom. The van der Waals surface area contributed by atoms with E-state index >= 15 is 0 Å². The standard InChI is InChI=1S/C28H40N2O2/c1-7-13-21-15-23(17-25(27(21)31)19-29(9-3)10-4)24-16-22(14-8-2)28(32)26(18-24)20-30(11-5)12-6/h7-8,15-18,31-32H,1-2,9-14,19-20H2,3-6H3. The van der Waals surface area contributed by atoms with Gasteiger partial charge in [0.1, 0.15) is 11.5 Å². The number of phenols is 2. The van der Waals surface area contributed by atoms with Gasteiger partial charge in [0.15, 0.2) is 0 Å². The van der Waals surface area contributed by atoms with Gasteiger partial charge in [-0.1, -0.05) is 39.8 Å². The number of nitrogens with zero attached hydrogens (tertiary/aromatic N) is 2. The van der Waals surface area contributed by atoms with Crippen molar-refractivity contribution in [3.05, 3.63) is 71.8 Å². The molecule has 0 amide bonds. The second kappa shape index (κ2) is 12.5. The van der Waals surface area contributed by atoms with Crippen LogP contribution in [-0.4, -0.2) is 46.2 Å². The van der Waals surface area contributed by atoms with Gasteiger partial charge in [-0.05, 0) is 85.5 Å². The molecule has 0 heterocycles. The van der Waals surface area contributed by atoms with Crippen LogP contribution in [0.4, 0.5) is 0 Å². The minimum atomic E-state index is 0.356. The van der Waals surface area contributed by atoms with Crippen LogP contribution in [0.25, 0.3) is 11.1 Å². The number of hydrogen-bond donors (Lipinski definition) is 2. The molecule has 0 aliphatic heterocycles. The van der Waals surface area contributed by atoms with Gasteiger partial charge in [-0.3, -0.25) is 9.80 Å². The second-order valence-electron chi connectivity index (χ2n) is 8.19. The lowest BCUT2D eigenvalue weighted by Gasteiger charge is -2.22. The Morgan fingerprint density at radius 1 is 0.625 bits per heavy atom. The molecule has 2 rings (SSSR count). The summed E-state index contributed by atoms with van der Waals surface area (Å²) in [5, 5.41) is 21.8. The summed E-state index contributed by atoms with van der Waals surface area (Å²) in [6.07, 6.45) is 4.86. The largest absolute Gasteiger partial charge is 0.507 e. The predicted molar refractivity (Wildman–Crippen MR) is 136 cm³/mol. The summed E-state index contributed by atoms with van der Waals surface area (Å²) in [5.74, 6) is 0.711. The molecule has 2 N–H and O–H groups in total. The van der Waals surface area contributed by atoms with Crippen molar-refractivity contribution in [1.29, 1.82) is 0 Å². The van der Waals surface area contributed by atoms with Gasteiger partial charge in [0.05, 0.1) is 0 Å². The summed E-state index contributed by atoms with van der Waals surface area (Å²) in [6, 6.07) is 8.28. The fourth-order valence-electron chi connectivity index (χ4n) is 4.09. The topological polar surface area (TPSA) is 46.9 Å². The van der Waals surface area contributed by atoms with Gasteiger partial charge in [-0.25, -0.2) is 0 Å². The minimum absolute atomic E-state index is 0.356. The van der Waals surface area contributed by atoms with Crippen molar-refractivity contribution < 1.29 is 10.2 Å². The lowest BCUT2D eigenvalue weighted by Crippen LogP contribution is -2.22. The average Bonchev–Trinajstić information content (AvgIpc) is 2.80. The quantitative estimate of drug-likeness (QED) is 0.384. The van der Waals surface area contributed by atoms with Crippen LogP contribution in [0.3, 0.4) is 0 Å². The van der Waals surface area contributed by atoms with Gasteiger partial charge < -0.3 is 10.2 Å². The van der Waals surface area contributed by atoms with Crippen LogP contribution in [0.15, 0.2) is 49.6 Å². The van der Waals surface area contributed by atoms with Crippen molar-refractivity contribution in [2.24, 2.45) is 0 Å². The highest BCUT2D eigenvalue weighted by molar-refractivity contribution is 5.71. The second-order valence-corrected chi connectivity index (χ2v) is 8.19. The van der Waals surface area contributed by atoms with E-state index in [0.717, 1.165) is 59.6 Å². The summed E-state index contributed by atoms with van der Waals surface area (Å²) in [7, 11) is 0. The SMILES string of the molecule is C=CCc1cc(-c2cc(CC=C)c(O)c(CN(CC)CC)c2)cc(CN(CC)CC)c1O. The number of allylic oxidation sites excluding steroid dienone is 2. The van der Waals surface area contributed by atoms with Crippen molar-refractivity contribution >= 4 is 0 Å². The van der Waals surface area contributed by atoms with E-state index in [1.54, 1.807) is 0 Å². The minimum Gasteiger partial charge on any atom is -0.507 e. The molecule has 4 heteroatoms. The maximum absolute atomic E-state index is 10.9. The van der Waals surface area contributed by atoms with E-state index < -0.39 is 0 Å². The fourth-order valence-corrected chi connectivity index (χ4v) is 4.09. The first kappa shape index (κ1) is 25.7. The molecule has 0 atom stereocenters. The van der Waals surface area contributed by atoms with E-state index in [9.17, 15) is 10.2 Å². The van der Waals surface area contributed by atoms with Crippen LogP contribution in [0.2, 0.25) is 0 Å². The van der Waals surface area contributed by atoms with Gasteiger partial charge in [0.25, 0.3) is 0 Å². The Kier molecular flexibility index (Phi) is 10.0. The molecule has 2 aromatic rings. The number of hydrogen-bond acceptors (Lipinski definition) is 4. The number of rotatable bonds is 13. The molecule has 0 aromatic heterocycles. The van der Waals surface area contributed by atoms with E-state index in [1.165, 1.54) is 0 Å².